The van der Waals surface area contributed by atoms with Gasteiger partial charge in [0, 0.05) is 25.7 Å². The molecule has 0 heterocycles. The van der Waals surface area contributed by atoms with Crippen LogP contribution in [0.2, 0.25) is 0 Å². The quantitative estimate of drug-likeness (QED) is 0.0222. The number of phosphoric ester groups is 2. The number of rotatable bonds is 75. The molecule has 0 aliphatic carbocycles. The minimum atomic E-state index is -4.96. The summed E-state index contributed by atoms with van der Waals surface area (Å²) in [6.07, 6.45) is 52.8. The Labute approximate surface area is 594 Å². The number of carbonyl (C=O) groups excluding carboxylic acids is 4. The number of phosphoric acid groups is 2. The Morgan fingerprint density at radius 1 is 0.289 bits per heavy atom. The minimum absolute atomic E-state index is 0.105. The number of ether oxygens (including phenoxy) is 4. The van der Waals surface area contributed by atoms with Gasteiger partial charge in [-0.05, 0) is 49.4 Å². The minimum Gasteiger partial charge on any atom is -0.462 e. The molecule has 0 radical (unpaired) electrons. The number of aliphatic hydroxyl groups is 1. The second-order valence-corrected chi connectivity index (χ2v) is 32.7. The normalized spacial score (nSPS) is 14.4. The second-order valence-electron chi connectivity index (χ2n) is 29.8. The molecule has 17 nitrogen and oxygen atoms in total. The molecule has 3 N–H and O–H groups in total. The van der Waals surface area contributed by atoms with Crippen LogP contribution < -0.4 is 0 Å². The third kappa shape index (κ3) is 70.9. The molecule has 0 aromatic heterocycles. The van der Waals surface area contributed by atoms with Gasteiger partial charge in [-0.3, -0.25) is 37.3 Å². The van der Waals surface area contributed by atoms with Crippen LogP contribution in [-0.4, -0.2) is 96.7 Å². The molecule has 0 spiro atoms. The highest BCUT2D eigenvalue weighted by atomic mass is 31.2. The fraction of sp³-hybridized carbons (Fsp3) is 0.949. The van der Waals surface area contributed by atoms with Crippen molar-refractivity contribution in [3.8, 4) is 0 Å². The zero-order valence-electron chi connectivity index (χ0n) is 63.7. The molecule has 6 atom stereocenters. The van der Waals surface area contributed by atoms with Gasteiger partial charge in [0.25, 0.3) is 0 Å². The van der Waals surface area contributed by atoms with E-state index in [1.165, 1.54) is 193 Å². The summed E-state index contributed by atoms with van der Waals surface area (Å²) in [7, 11) is -9.92. The lowest BCUT2D eigenvalue weighted by Gasteiger charge is -2.21. The smallest absolute Gasteiger partial charge is 0.462 e. The maximum absolute atomic E-state index is 13.1. The Hall–Kier alpha value is -1.94. The number of esters is 4. The van der Waals surface area contributed by atoms with E-state index in [0.29, 0.717) is 31.6 Å². The largest absolute Gasteiger partial charge is 0.472 e. The molecular formula is C78H152O17P2. The fourth-order valence-electron chi connectivity index (χ4n) is 11.9. The summed E-state index contributed by atoms with van der Waals surface area (Å²) >= 11 is 0. The van der Waals surface area contributed by atoms with Gasteiger partial charge in [-0.1, -0.05) is 344 Å². The summed E-state index contributed by atoms with van der Waals surface area (Å²) in [5, 5.41) is 10.6. The highest BCUT2D eigenvalue weighted by Gasteiger charge is 2.30. The molecule has 0 aromatic carbocycles. The molecule has 0 aliphatic rings. The molecule has 4 unspecified atom stereocenters. The maximum Gasteiger partial charge on any atom is 0.472 e. The highest BCUT2D eigenvalue weighted by Crippen LogP contribution is 2.45. The first-order valence-electron chi connectivity index (χ1n) is 40.2. The Balaban J connectivity index is 5.21. The standard InChI is InChI=1S/C78H152O17P2/c1-9-71(8)57-49-41-33-27-28-34-42-50-58-75(80)88-64-73(94-77(82)60-52-44-35-25-21-17-15-13-11-10-12-14-16-19-23-30-38-46-54-68(2)3)66-92-96(84,85)90-62-72(79)63-91-97(86,87)93-67-74(65-89-76(81)59-51-43-37-29-32-40-48-56-70(6)7)95-78(83)61-53-45-36-26-22-18-20-24-31-39-47-55-69(4)5/h68-74,79H,9-67H2,1-8H3,(H,84,85)(H,86,87)/t71?,72?,73-,74-/m1/s1. The van der Waals surface area contributed by atoms with E-state index in [1.807, 2.05) is 0 Å². The lowest BCUT2D eigenvalue weighted by molar-refractivity contribution is -0.161. The molecule has 0 aliphatic heterocycles. The summed E-state index contributed by atoms with van der Waals surface area (Å²) in [5.41, 5.74) is 0. The lowest BCUT2D eigenvalue weighted by atomic mass is 9.99. The lowest BCUT2D eigenvalue weighted by Crippen LogP contribution is -2.30. The third-order valence-electron chi connectivity index (χ3n) is 18.4. The molecular weight excluding hydrogens is 1270 g/mol. The predicted octanol–water partition coefficient (Wildman–Crippen LogP) is 22.8. The number of carbonyl (C=O) groups is 4. The molecule has 0 amide bonds. The first-order valence-corrected chi connectivity index (χ1v) is 43.2. The average molecular weight is 1420 g/mol. The Morgan fingerprint density at radius 3 is 0.732 bits per heavy atom. The van der Waals surface area contributed by atoms with Crippen LogP contribution in [0.25, 0.3) is 0 Å². The van der Waals surface area contributed by atoms with Gasteiger partial charge < -0.3 is 33.8 Å². The van der Waals surface area contributed by atoms with Gasteiger partial charge in [-0.2, -0.15) is 0 Å². The average Bonchev–Trinajstić information content (AvgIpc) is 1.18. The van der Waals surface area contributed by atoms with Crippen LogP contribution in [0.3, 0.4) is 0 Å². The zero-order valence-corrected chi connectivity index (χ0v) is 65.5. The van der Waals surface area contributed by atoms with E-state index >= 15 is 0 Å². The number of aliphatic hydroxyl groups excluding tert-OH is 1. The monoisotopic (exact) mass is 1420 g/mol. The van der Waals surface area contributed by atoms with Crippen LogP contribution in [0, 0.1) is 23.7 Å². The molecule has 0 aromatic rings. The summed E-state index contributed by atoms with van der Waals surface area (Å²) in [4.78, 5) is 72.9. The Bertz CT molecular complexity index is 1900. The van der Waals surface area contributed by atoms with Crippen molar-refractivity contribution in [3.05, 3.63) is 0 Å². The molecule has 0 fully saturated rings. The highest BCUT2D eigenvalue weighted by molar-refractivity contribution is 7.47. The van der Waals surface area contributed by atoms with Gasteiger partial charge in [0.2, 0.25) is 0 Å². The van der Waals surface area contributed by atoms with Crippen LogP contribution in [0.15, 0.2) is 0 Å². The third-order valence-corrected chi connectivity index (χ3v) is 20.3. The summed E-state index contributed by atoms with van der Waals surface area (Å²) in [6, 6.07) is 0. The molecule has 0 saturated heterocycles. The van der Waals surface area contributed by atoms with Crippen LogP contribution >= 0.6 is 15.6 Å². The first-order chi connectivity index (χ1) is 46.6. The van der Waals surface area contributed by atoms with E-state index in [-0.39, 0.29) is 25.7 Å². The van der Waals surface area contributed by atoms with Gasteiger partial charge >= 0.3 is 39.5 Å². The van der Waals surface area contributed by atoms with Gasteiger partial charge in [0.1, 0.15) is 19.3 Å². The zero-order chi connectivity index (χ0) is 71.7. The second kappa shape index (κ2) is 67.2. The van der Waals surface area contributed by atoms with Crippen LogP contribution in [-0.2, 0) is 65.4 Å². The van der Waals surface area contributed by atoms with Crippen molar-refractivity contribution in [2.75, 3.05) is 39.6 Å². The van der Waals surface area contributed by atoms with E-state index in [0.717, 1.165) is 114 Å². The maximum atomic E-state index is 13.1. The van der Waals surface area contributed by atoms with Gasteiger partial charge in [-0.15, -0.1) is 0 Å². The van der Waals surface area contributed by atoms with Crippen molar-refractivity contribution >= 4 is 39.5 Å². The Kier molecular flexibility index (Phi) is 65.9. The molecule has 0 rings (SSSR count). The van der Waals surface area contributed by atoms with E-state index in [4.69, 9.17) is 37.0 Å². The van der Waals surface area contributed by atoms with Crippen LogP contribution in [0.1, 0.15) is 396 Å². The predicted molar refractivity (Wildman–Crippen MR) is 395 cm³/mol. The van der Waals surface area contributed by atoms with E-state index < -0.39 is 97.5 Å². The van der Waals surface area contributed by atoms with Crippen molar-refractivity contribution in [2.45, 2.75) is 414 Å². The fourth-order valence-corrected chi connectivity index (χ4v) is 13.5. The van der Waals surface area contributed by atoms with Gasteiger partial charge in [-0.25, -0.2) is 9.13 Å². The molecule has 0 bridgehead atoms. The van der Waals surface area contributed by atoms with Crippen LogP contribution in [0.4, 0.5) is 0 Å². The molecule has 19 heteroatoms. The molecule has 97 heavy (non-hydrogen) atoms. The van der Waals surface area contributed by atoms with E-state index in [9.17, 15) is 43.2 Å². The van der Waals surface area contributed by atoms with Crippen molar-refractivity contribution in [2.24, 2.45) is 23.7 Å². The summed E-state index contributed by atoms with van der Waals surface area (Å²) in [5.74, 6) is 0.948. The van der Waals surface area contributed by atoms with Crippen molar-refractivity contribution < 1.29 is 80.2 Å². The topological polar surface area (TPSA) is 237 Å². The van der Waals surface area contributed by atoms with E-state index in [1.54, 1.807) is 0 Å². The number of unbranched alkanes of at least 4 members (excludes halogenated alkanes) is 40. The Morgan fingerprint density at radius 2 is 0.495 bits per heavy atom. The van der Waals surface area contributed by atoms with Crippen molar-refractivity contribution in [3.63, 3.8) is 0 Å². The van der Waals surface area contributed by atoms with Crippen molar-refractivity contribution in [1.82, 2.24) is 0 Å². The van der Waals surface area contributed by atoms with Crippen molar-refractivity contribution in [1.29, 1.82) is 0 Å². The van der Waals surface area contributed by atoms with E-state index in [2.05, 4.69) is 55.4 Å². The van der Waals surface area contributed by atoms with Gasteiger partial charge in [0.05, 0.1) is 26.4 Å². The summed E-state index contributed by atoms with van der Waals surface area (Å²) in [6.45, 7) is 14.2. The molecule has 576 valence electrons. The van der Waals surface area contributed by atoms with Crippen LogP contribution in [0.5, 0.6) is 0 Å². The number of hydrogen-bond donors (Lipinski definition) is 3. The molecule has 0 saturated carbocycles. The summed E-state index contributed by atoms with van der Waals surface area (Å²) < 4.78 is 68.6. The number of hydrogen-bond acceptors (Lipinski definition) is 15. The first kappa shape index (κ1) is 95.1. The van der Waals surface area contributed by atoms with Gasteiger partial charge in [0.15, 0.2) is 12.2 Å². The SMILES string of the molecule is CCC(C)CCCCCCCCCCC(=O)OC[C@H](COP(=O)(O)OCC(O)COP(=O)(O)OC[C@@H](COC(=O)CCCCCCCCCC(C)C)OC(=O)CCCCCCCCCCCCCC(C)C)OC(=O)CCCCCCCCCCCCCCCCCCCCC(C)C.